The Morgan fingerprint density at radius 2 is 1.92 bits per heavy atom. The van der Waals surface area contributed by atoms with Crippen LogP contribution < -0.4 is 10.1 Å². The van der Waals surface area contributed by atoms with Gasteiger partial charge in [0.1, 0.15) is 5.75 Å². The van der Waals surface area contributed by atoms with Crippen LogP contribution in [-0.2, 0) is 0 Å². The van der Waals surface area contributed by atoms with E-state index >= 15 is 0 Å². The molecule has 2 aromatic carbocycles. The van der Waals surface area contributed by atoms with E-state index in [2.05, 4.69) is 10.3 Å². The van der Waals surface area contributed by atoms with Crippen LogP contribution in [0.2, 0.25) is 0 Å². The highest BCUT2D eigenvalue weighted by Crippen LogP contribution is 2.27. The monoisotopic (exact) mass is 352 g/mol. The smallest absolute Gasteiger partial charge is 0.257 e. The molecule has 1 heterocycles. The summed E-state index contributed by atoms with van der Waals surface area (Å²) in [5, 5.41) is 5.38. The first kappa shape index (κ1) is 17.2. The number of aromatic nitrogens is 1. The second-order valence-electron chi connectivity index (χ2n) is 6.05. The van der Waals surface area contributed by atoms with E-state index in [0.717, 1.165) is 22.6 Å². The quantitative estimate of drug-likeness (QED) is 0.690. The molecule has 0 saturated heterocycles. The highest BCUT2D eigenvalue weighted by Gasteiger charge is 2.10. The van der Waals surface area contributed by atoms with Gasteiger partial charge in [-0.1, -0.05) is 17.7 Å². The first-order valence-corrected chi connectivity index (χ1v) is 9.00. The Morgan fingerprint density at radius 1 is 1.16 bits per heavy atom. The van der Waals surface area contributed by atoms with Crippen LogP contribution in [0.15, 0.2) is 53.9 Å². The fraction of sp³-hybridized carbons (Fsp3) is 0.200. The molecule has 0 aliphatic heterocycles. The average Bonchev–Trinajstić information content (AvgIpc) is 3.03. The van der Waals surface area contributed by atoms with Gasteiger partial charge in [0, 0.05) is 16.5 Å². The van der Waals surface area contributed by atoms with Gasteiger partial charge in [-0.25, -0.2) is 4.98 Å². The van der Waals surface area contributed by atoms with Crippen LogP contribution in [0, 0.1) is 6.92 Å². The zero-order chi connectivity index (χ0) is 17.8. The topological polar surface area (TPSA) is 51.2 Å². The fourth-order valence-electron chi connectivity index (χ4n) is 2.40. The van der Waals surface area contributed by atoms with E-state index in [1.54, 1.807) is 6.07 Å². The van der Waals surface area contributed by atoms with Crippen LogP contribution in [0.5, 0.6) is 5.75 Å². The second kappa shape index (κ2) is 7.49. The number of ether oxygens (including phenoxy) is 1. The number of amides is 1. The summed E-state index contributed by atoms with van der Waals surface area (Å²) in [4.78, 5) is 16.8. The van der Waals surface area contributed by atoms with E-state index < -0.39 is 0 Å². The third kappa shape index (κ3) is 4.45. The molecule has 1 N–H and O–H groups in total. The molecule has 3 rings (SSSR count). The van der Waals surface area contributed by atoms with Crippen molar-refractivity contribution in [2.45, 2.75) is 26.9 Å². The normalized spacial score (nSPS) is 10.7. The van der Waals surface area contributed by atoms with Crippen molar-refractivity contribution in [3.05, 3.63) is 65.0 Å². The maximum absolute atomic E-state index is 12.3. The molecule has 0 fully saturated rings. The van der Waals surface area contributed by atoms with Crippen molar-refractivity contribution in [2.75, 3.05) is 5.32 Å². The molecule has 0 bridgehead atoms. The fourth-order valence-corrected chi connectivity index (χ4v) is 3.11. The maximum Gasteiger partial charge on any atom is 0.257 e. The summed E-state index contributed by atoms with van der Waals surface area (Å²) < 4.78 is 5.65. The van der Waals surface area contributed by atoms with Crippen LogP contribution in [0.4, 0.5) is 5.13 Å². The Kier molecular flexibility index (Phi) is 5.14. The number of carbonyl (C=O) groups excluding carboxylic acids is 1. The summed E-state index contributed by atoms with van der Waals surface area (Å²) in [6.07, 6.45) is 0.147. The average molecular weight is 352 g/mol. The number of benzene rings is 2. The lowest BCUT2D eigenvalue weighted by molar-refractivity contribution is 0.102. The molecule has 0 aliphatic carbocycles. The minimum atomic E-state index is -0.148. The standard InChI is InChI=1S/C20H20N2O2S/c1-13(2)24-17-9-7-15(8-10-17)18-12-25-20(21-18)22-19(23)16-6-4-5-14(3)11-16/h4-13H,1-3H3,(H,21,22,23). The van der Waals surface area contributed by atoms with E-state index in [9.17, 15) is 4.79 Å². The van der Waals surface area contributed by atoms with Gasteiger partial charge in [0.05, 0.1) is 11.8 Å². The summed E-state index contributed by atoms with van der Waals surface area (Å²) in [6, 6.07) is 15.3. The molecule has 0 unspecified atom stereocenters. The minimum Gasteiger partial charge on any atom is -0.491 e. The number of carbonyl (C=O) groups is 1. The van der Waals surface area contributed by atoms with Crippen molar-refractivity contribution in [1.82, 2.24) is 4.98 Å². The number of hydrogen-bond donors (Lipinski definition) is 1. The van der Waals surface area contributed by atoms with Crippen molar-refractivity contribution in [3.8, 4) is 17.0 Å². The van der Waals surface area contributed by atoms with E-state index in [1.165, 1.54) is 11.3 Å². The number of nitrogens with one attached hydrogen (secondary N) is 1. The number of thiazole rings is 1. The molecule has 3 aromatic rings. The van der Waals surface area contributed by atoms with Gasteiger partial charge < -0.3 is 4.74 Å². The molecule has 4 nitrogen and oxygen atoms in total. The van der Waals surface area contributed by atoms with Crippen molar-refractivity contribution < 1.29 is 9.53 Å². The van der Waals surface area contributed by atoms with Crippen molar-refractivity contribution in [1.29, 1.82) is 0 Å². The Balaban J connectivity index is 1.71. The summed E-state index contributed by atoms with van der Waals surface area (Å²) in [7, 11) is 0. The van der Waals surface area contributed by atoms with Gasteiger partial charge in [-0.15, -0.1) is 11.3 Å². The largest absolute Gasteiger partial charge is 0.491 e. The van der Waals surface area contributed by atoms with Gasteiger partial charge in [-0.3, -0.25) is 10.1 Å². The lowest BCUT2D eigenvalue weighted by Gasteiger charge is -2.09. The lowest BCUT2D eigenvalue weighted by atomic mass is 10.1. The van der Waals surface area contributed by atoms with Crippen LogP contribution in [-0.4, -0.2) is 17.0 Å². The van der Waals surface area contributed by atoms with Crippen molar-refractivity contribution in [3.63, 3.8) is 0 Å². The van der Waals surface area contributed by atoms with E-state index in [0.29, 0.717) is 10.7 Å². The Bertz CT molecular complexity index is 869. The van der Waals surface area contributed by atoms with Gasteiger partial charge >= 0.3 is 0 Å². The first-order valence-electron chi connectivity index (χ1n) is 8.12. The zero-order valence-electron chi connectivity index (χ0n) is 14.4. The van der Waals surface area contributed by atoms with Crippen LogP contribution in [0.3, 0.4) is 0 Å². The Morgan fingerprint density at radius 3 is 2.60 bits per heavy atom. The molecule has 0 radical (unpaired) electrons. The molecule has 1 aromatic heterocycles. The molecule has 25 heavy (non-hydrogen) atoms. The summed E-state index contributed by atoms with van der Waals surface area (Å²) in [5.74, 6) is 0.687. The lowest BCUT2D eigenvalue weighted by Crippen LogP contribution is -2.11. The number of anilines is 1. The van der Waals surface area contributed by atoms with Gasteiger partial charge in [0.15, 0.2) is 5.13 Å². The van der Waals surface area contributed by atoms with Gasteiger partial charge in [-0.05, 0) is 57.2 Å². The molecular formula is C20H20N2O2S. The molecule has 0 spiro atoms. The SMILES string of the molecule is Cc1cccc(C(=O)Nc2nc(-c3ccc(OC(C)C)cc3)cs2)c1. The number of nitrogens with zero attached hydrogens (tertiary/aromatic N) is 1. The molecule has 1 amide bonds. The molecule has 128 valence electrons. The molecule has 0 saturated carbocycles. The highest BCUT2D eigenvalue weighted by molar-refractivity contribution is 7.14. The van der Waals surface area contributed by atoms with Crippen LogP contribution in [0.25, 0.3) is 11.3 Å². The maximum atomic E-state index is 12.3. The van der Waals surface area contributed by atoms with Gasteiger partial charge in [0.25, 0.3) is 5.91 Å². The van der Waals surface area contributed by atoms with Crippen LogP contribution >= 0.6 is 11.3 Å². The third-order valence-corrected chi connectivity index (χ3v) is 4.28. The summed E-state index contributed by atoms with van der Waals surface area (Å²) >= 11 is 1.41. The van der Waals surface area contributed by atoms with Gasteiger partial charge in [0.2, 0.25) is 0 Å². The van der Waals surface area contributed by atoms with Crippen molar-refractivity contribution >= 4 is 22.4 Å². The number of hydrogen-bond acceptors (Lipinski definition) is 4. The molecule has 0 atom stereocenters. The summed E-state index contributed by atoms with van der Waals surface area (Å²) in [5.41, 5.74) is 3.51. The van der Waals surface area contributed by atoms with Crippen LogP contribution in [0.1, 0.15) is 29.8 Å². The summed E-state index contributed by atoms with van der Waals surface area (Å²) in [6.45, 7) is 5.96. The van der Waals surface area contributed by atoms with Gasteiger partial charge in [-0.2, -0.15) is 0 Å². The van der Waals surface area contributed by atoms with Crippen molar-refractivity contribution in [2.24, 2.45) is 0 Å². The van der Waals surface area contributed by atoms with E-state index in [1.807, 2.05) is 68.6 Å². The predicted octanol–water partition coefficient (Wildman–Crippen LogP) is 5.16. The van der Waals surface area contributed by atoms with E-state index in [4.69, 9.17) is 4.74 Å². The molecular weight excluding hydrogens is 332 g/mol. The molecule has 5 heteroatoms. The number of rotatable bonds is 5. The third-order valence-electron chi connectivity index (χ3n) is 3.53. The molecule has 0 aliphatic rings. The second-order valence-corrected chi connectivity index (χ2v) is 6.91. The minimum absolute atomic E-state index is 0.147. The first-order chi connectivity index (χ1) is 12.0. The highest BCUT2D eigenvalue weighted by atomic mass is 32.1. The Labute approximate surface area is 151 Å². The Hall–Kier alpha value is -2.66. The number of aryl methyl sites for hydroxylation is 1. The zero-order valence-corrected chi connectivity index (χ0v) is 15.3. The van der Waals surface area contributed by atoms with E-state index in [-0.39, 0.29) is 12.0 Å². The predicted molar refractivity (Wildman–Crippen MR) is 102 cm³/mol.